The largest absolute Gasteiger partial charge is 0.306 e. The summed E-state index contributed by atoms with van der Waals surface area (Å²) in [5, 5.41) is 6.55. The van der Waals surface area contributed by atoms with E-state index in [4.69, 9.17) is 11.6 Å². The number of carbonyl (C=O) groups excluding carboxylic acids is 1. The van der Waals surface area contributed by atoms with Gasteiger partial charge in [-0.2, -0.15) is 17.6 Å². The van der Waals surface area contributed by atoms with Crippen LogP contribution in [0.2, 0.25) is 5.02 Å². The summed E-state index contributed by atoms with van der Waals surface area (Å²) in [6, 6.07) is 9.34. The first kappa shape index (κ1) is 19.9. The Bertz CT molecular complexity index is 1370. The van der Waals surface area contributed by atoms with Crippen molar-refractivity contribution in [3.63, 3.8) is 0 Å². The lowest BCUT2D eigenvalue weighted by Crippen LogP contribution is -2.16. The Hall–Kier alpha value is -3.37. The second kappa shape index (κ2) is 7.47. The number of nitrogens with one attached hydrogen (secondary N) is 1. The van der Waals surface area contributed by atoms with Crippen LogP contribution in [0.4, 0.5) is 14.6 Å². The number of amides is 1. The summed E-state index contributed by atoms with van der Waals surface area (Å²) in [6.45, 7) is 0. The molecule has 0 radical (unpaired) electrons. The highest BCUT2D eigenvalue weighted by Gasteiger charge is 2.22. The number of anilines is 1. The van der Waals surface area contributed by atoms with Gasteiger partial charge in [0.1, 0.15) is 17.5 Å². The lowest BCUT2D eigenvalue weighted by molar-refractivity contribution is 0.102. The van der Waals surface area contributed by atoms with Crippen molar-refractivity contribution in [3.05, 3.63) is 83.1 Å². The number of rotatable bonds is 4. The van der Waals surface area contributed by atoms with Gasteiger partial charge >= 0.3 is 0 Å². The van der Waals surface area contributed by atoms with Crippen LogP contribution in [0.15, 0.2) is 65.8 Å². The molecule has 2 aromatic heterocycles. The highest BCUT2D eigenvalue weighted by Crippen LogP contribution is 2.24. The molecule has 0 fully saturated rings. The van der Waals surface area contributed by atoms with Gasteiger partial charge in [-0.15, -0.1) is 0 Å². The highest BCUT2D eigenvalue weighted by molar-refractivity contribution is 7.90. The molecule has 4 rings (SSSR count). The van der Waals surface area contributed by atoms with Gasteiger partial charge in [-0.25, -0.2) is 13.8 Å². The Kier molecular flexibility index (Phi) is 4.96. The minimum absolute atomic E-state index is 0.0390. The standard InChI is InChI=1S/C19H11ClF2N4O3S/c20-14-2-1-3-15(22)18(14)19(27)25-17-8-16-11(9-23-17)10-24-26(16)30(28,29)13-6-4-12(21)5-7-13/h1-10H,(H,23,25,27). The summed E-state index contributed by atoms with van der Waals surface area (Å²) in [5.74, 6) is -2.29. The van der Waals surface area contributed by atoms with Crippen LogP contribution in [-0.2, 0) is 10.0 Å². The molecular formula is C19H11ClF2N4O3S. The average Bonchev–Trinajstić information content (AvgIpc) is 3.12. The zero-order chi connectivity index (χ0) is 21.5. The van der Waals surface area contributed by atoms with Gasteiger partial charge < -0.3 is 5.32 Å². The van der Waals surface area contributed by atoms with E-state index in [0.717, 1.165) is 34.4 Å². The summed E-state index contributed by atoms with van der Waals surface area (Å²) in [7, 11) is -4.13. The number of hydrogen-bond acceptors (Lipinski definition) is 5. The molecule has 0 aliphatic rings. The maximum absolute atomic E-state index is 14.0. The minimum atomic E-state index is -4.13. The fourth-order valence-electron chi connectivity index (χ4n) is 2.76. The van der Waals surface area contributed by atoms with Crippen LogP contribution in [0.1, 0.15) is 10.4 Å². The molecule has 0 aliphatic heterocycles. The summed E-state index contributed by atoms with van der Waals surface area (Å²) < 4.78 is 53.6. The maximum Gasteiger partial charge on any atom is 0.283 e. The van der Waals surface area contributed by atoms with Crippen LogP contribution in [0, 0.1) is 11.6 Å². The number of nitrogens with zero attached hydrogens (tertiary/aromatic N) is 3. The fraction of sp³-hybridized carbons (Fsp3) is 0. The Morgan fingerprint density at radius 3 is 2.50 bits per heavy atom. The lowest BCUT2D eigenvalue weighted by Gasteiger charge is -2.09. The van der Waals surface area contributed by atoms with E-state index >= 15 is 0 Å². The predicted molar refractivity (Wildman–Crippen MR) is 106 cm³/mol. The smallest absolute Gasteiger partial charge is 0.283 e. The van der Waals surface area contributed by atoms with E-state index in [-0.39, 0.29) is 26.8 Å². The number of fused-ring (bicyclic) bond motifs is 1. The van der Waals surface area contributed by atoms with Crippen LogP contribution in [0.5, 0.6) is 0 Å². The molecular weight excluding hydrogens is 438 g/mol. The van der Waals surface area contributed by atoms with E-state index in [0.29, 0.717) is 5.39 Å². The van der Waals surface area contributed by atoms with E-state index < -0.39 is 27.6 Å². The number of halogens is 3. The molecule has 2 heterocycles. The van der Waals surface area contributed by atoms with Gasteiger partial charge in [0, 0.05) is 17.6 Å². The van der Waals surface area contributed by atoms with Gasteiger partial charge in [0.05, 0.1) is 27.2 Å². The third kappa shape index (κ3) is 3.51. The van der Waals surface area contributed by atoms with Crippen molar-refractivity contribution < 1.29 is 22.0 Å². The van der Waals surface area contributed by atoms with Gasteiger partial charge in [0.2, 0.25) is 0 Å². The second-order valence-corrected chi connectivity index (χ2v) is 8.30. The molecule has 1 amide bonds. The van der Waals surface area contributed by atoms with Crippen molar-refractivity contribution in [2.75, 3.05) is 5.32 Å². The molecule has 7 nitrogen and oxygen atoms in total. The van der Waals surface area contributed by atoms with E-state index in [9.17, 15) is 22.0 Å². The van der Waals surface area contributed by atoms with E-state index in [1.807, 2.05) is 0 Å². The van der Waals surface area contributed by atoms with E-state index in [1.54, 1.807) is 0 Å². The fourth-order valence-corrected chi connectivity index (χ4v) is 4.27. The molecule has 30 heavy (non-hydrogen) atoms. The van der Waals surface area contributed by atoms with E-state index in [2.05, 4.69) is 15.4 Å². The molecule has 0 saturated carbocycles. The summed E-state index contributed by atoms with van der Waals surface area (Å²) in [6.07, 6.45) is 2.58. The number of hydrogen-bond donors (Lipinski definition) is 1. The van der Waals surface area contributed by atoms with Crippen LogP contribution in [-0.4, -0.2) is 28.5 Å². The molecule has 0 unspecified atom stereocenters. The minimum Gasteiger partial charge on any atom is -0.306 e. The Morgan fingerprint density at radius 2 is 1.80 bits per heavy atom. The second-order valence-electron chi connectivity index (χ2n) is 6.13. The van der Waals surface area contributed by atoms with Crippen LogP contribution in [0.3, 0.4) is 0 Å². The molecule has 0 bridgehead atoms. The van der Waals surface area contributed by atoms with Crippen molar-refractivity contribution in [3.8, 4) is 0 Å². The molecule has 2 aromatic carbocycles. The van der Waals surface area contributed by atoms with Gasteiger partial charge in [0.25, 0.3) is 15.9 Å². The quantitative estimate of drug-likeness (QED) is 0.511. The first-order valence-electron chi connectivity index (χ1n) is 8.37. The predicted octanol–water partition coefficient (Wildman–Crippen LogP) is 3.85. The summed E-state index contributed by atoms with van der Waals surface area (Å²) in [4.78, 5) is 16.3. The monoisotopic (exact) mass is 448 g/mol. The van der Waals surface area contributed by atoms with Crippen molar-refractivity contribution in [2.45, 2.75) is 4.90 Å². The highest BCUT2D eigenvalue weighted by atomic mass is 35.5. The molecule has 11 heteroatoms. The molecule has 0 spiro atoms. The third-order valence-corrected chi connectivity index (χ3v) is 6.12. The first-order valence-corrected chi connectivity index (χ1v) is 10.2. The van der Waals surface area contributed by atoms with Gasteiger partial charge in [0.15, 0.2) is 0 Å². The van der Waals surface area contributed by atoms with Crippen LogP contribution in [0.25, 0.3) is 10.9 Å². The van der Waals surface area contributed by atoms with Gasteiger partial charge in [-0.3, -0.25) is 4.79 Å². The van der Waals surface area contributed by atoms with Crippen LogP contribution >= 0.6 is 11.6 Å². The third-order valence-electron chi connectivity index (χ3n) is 4.19. The number of benzene rings is 2. The number of carbonyl (C=O) groups is 1. The average molecular weight is 449 g/mol. The SMILES string of the molecule is O=C(Nc1cc2c(cn1)cnn2S(=O)(=O)c1ccc(F)cc1)c1c(F)cccc1Cl. The molecule has 0 saturated heterocycles. The molecule has 0 aliphatic carbocycles. The molecule has 4 aromatic rings. The number of aromatic nitrogens is 3. The zero-order valence-electron chi connectivity index (χ0n) is 14.9. The Morgan fingerprint density at radius 1 is 1.07 bits per heavy atom. The van der Waals surface area contributed by atoms with Gasteiger partial charge in [-0.1, -0.05) is 17.7 Å². The van der Waals surface area contributed by atoms with Crippen molar-refractivity contribution in [1.82, 2.24) is 14.2 Å². The lowest BCUT2D eigenvalue weighted by atomic mass is 10.2. The van der Waals surface area contributed by atoms with Crippen molar-refractivity contribution in [2.24, 2.45) is 0 Å². The number of pyridine rings is 1. The molecule has 152 valence electrons. The normalized spacial score (nSPS) is 11.6. The topological polar surface area (TPSA) is 93.9 Å². The Balaban J connectivity index is 1.73. The van der Waals surface area contributed by atoms with E-state index in [1.165, 1.54) is 30.6 Å². The summed E-state index contributed by atoms with van der Waals surface area (Å²) in [5.41, 5.74) is -0.252. The first-order chi connectivity index (χ1) is 14.3. The van der Waals surface area contributed by atoms with Crippen molar-refractivity contribution in [1.29, 1.82) is 0 Å². The van der Waals surface area contributed by atoms with Crippen molar-refractivity contribution >= 4 is 44.3 Å². The molecule has 1 N–H and O–H groups in total. The van der Waals surface area contributed by atoms with Gasteiger partial charge in [-0.05, 0) is 36.4 Å². The zero-order valence-corrected chi connectivity index (χ0v) is 16.5. The summed E-state index contributed by atoms with van der Waals surface area (Å²) >= 11 is 5.89. The molecule has 0 atom stereocenters. The maximum atomic E-state index is 14.0. The van der Waals surface area contributed by atoms with Crippen LogP contribution < -0.4 is 5.32 Å². The Labute approximate surface area is 174 Å².